The number of anilines is 4. The second-order valence-electron chi connectivity index (χ2n) is 8.28. The molecule has 0 amide bonds. The molecule has 4 N–H and O–H groups in total. The Morgan fingerprint density at radius 2 is 0.875 bits per heavy atom. The molecule has 0 fully saturated rings. The number of hydrogen-bond acceptors (Lipinski definition) is 8. The number of hydrogen-bond donors (Lipinski definition) is 2. The molecular formula is C24H40N6S2. The van der Waals surface area contributed by atoms with E-state index in [0.717, 1.165) is 62.1 Å². The van der Waals surface area contributed by atoms with E-state index >= 15 is 0 Å². The van der Waals surface area contributed by atoms with Crippen molar-refractivity contribution in [3.8, 4) is 0 Å². The molecule has 0 aliphatic heterocycles. The van der Waals surface area contributed by atoms with Gasteiger partial charge in [-0.15, -0.1) is 0 Å². The summed E-state index contributed by atoms with van der Waals surface area (Å²) in [6.45, 7) is 6.33. The largest absolute Gasteiger partial charge is 0.399 e. The van der Waals surface area contributed by atoms with Gasteiger partial charge in [0.15, 0.2) is 0 Å². The third kappa shape index (κ3) is 10.3. The first-order chi connectivity index (χ1) is 15.3. The Bertz CT molecular complexity index is 691. The van der Waals surface area contributed by atoms with Gasteiger partial charge in [-0.1, -0.05) is 21.6 Å². The molecule has 0 saturated carbocycles. The molecule has 6 nitrogen and oxygen atoms in total. The van der Waals surface area contributed by atoms with Crippen LogP contribution in [0.2, 0.25) is 0 Å². The summed E-state index contributed by atoms with van der Waals surface area (Å²) in [6, 6.07) is 16.1. The van der Waals surface area contributed by atoms with Crippen molar-refractivity contribution < 1.29 is 0 Å². The minimum absolute atomic E-state index is 0.811. The summed E-state index contributed by atoms with van der Waals surface area (Å²) >= 11 is 0. The molecule has 0 aliphatic rings. The first-order valence-electron chi connectivity index (χ1n) is 11.1. The standard InChI is InChI=1S/C24H40N6S2/c1-27(13-15-29(3)23-9-5-21(25)6-10-23)17-19-31-32-20-18-28(2)14-16-30(4)24-11-7-22(26)8-12-24/h5-12H,13-20,25-26H2,1-4H3. The van der Waals surface area contributed by atoms with Gasteiger partial charge in [-0.05, 0) is 62.6 Å². The van der Waals surface area contributed by atoms with Crippen LogP contribution in [0.15, 0.2) is 48.5 Å². The molecule has 0 aromatic heterocycles. The monoisotopic (exact) mass is 476 g/mol. The molecule has 178 valence electrons. The molecule has 0 saturated heterocycles. The summed E-state index contributed by atoms with van der Waals surface area (Å²) < 4.78 is 0. The van der Waals surface area contributed by atoms with Crippen molar-refractivity contribution in [3.05, 3.63) is 48.5 Å². The molecule has 2 aromatic carbocycles. The Labute approximate surface area is 202 Å². The lowest BCUT2D eigenvalue weighted by molar-refractivity contribution is 0.363. The van der Waals surface area contributed by atoms with Gasteiger partial charge in [-0.25, -0.2) is 0 Å². The maximum Gasteiger partial charge on any atom is 0.0365 e. The number of nitrogen functional groups attached to an aromatic ring is 2. The Balaban J connectivity index is 1.48. The number of nitrogens with zero attached hydrogens (tertiary/aromatic N) is 4. The minimum atomic E-state index is 0.811. The molecule has 0 bridgehead atoms. The number of likely N-dealkylation sites (N-methyl/N-ethyl adjacent to an activating group) is 4. The van der Waals surface area contributed by atoms with Crippen molar-refractivity contribution in [1.82, 2.24) is 9.80 Å². The average molecular weight is 477 g/mol. The topological polar surface area (TPSA) is 65.0 Å². The van der Waals surface area contributed by atoms with E-state index in [4.69, 9.17) is 11.5 Å². The molecule has 32 heavy (non-hydrogen) atoms. The Kier molecular flexibility index (Phi) is 11.9. The summed E-state index contributed by atoms with van der Waals surface area (Å²) in [5, 5.41) is 0. The molecule has 8 heteroatoms. The third-order valence-electron chi connectivity index (χ3n) is 5.50. The average Bonchev–Trinajstić information content (AvgIpc) is 2.79. The number of rotatable bonds is 15. The van der Waals surface area contributed by atoms with Crippen LogP contribution in [-0.4, -0.2) is 88.8 Å². The second kappa shape index (κ2) is 14.4. The SMILES string of the molecule is CN(CCSSCCN(C)CCN(C)c1ccc(N)cc1)CCN(C)c1ccc(N)cc1. The van der Waals surface area contributed by atoms with Crippen LogP contribution >= 0.6 is 21.6 Å². The van der Waals surface area contributed by atoms with Gasteiger partial charge in [0, 0.05) is 87.6 Å². The van der Waals surface area contributed by atoms with E-state index < -0.39 is 0 Å². The fourth-order valence-electron chi connectivity index (χ4n) is 3.08. The normalized spacial score (nSPS) is 11.3. The Hall–Kier alpha value is -1.74. The summed E-state index contributed by atoms with van der Waals surface area (Å²) in [7, 11) is 12.6. The molecule has 0 unspecified atom stereocenters. The summed E-state index contributed by atoms with van der Waals surface area (Å²) in [5.41, 5.74) is 15.6. The zero-order valence-electron chi connectivity index (χ0n) is 20.0. The van der Waals surface area contributed by atoms with Crippen LogP contribution in [0.4, 0.5) is 22.7 Å². The zero-order valence-corrected chi connectivity index (χ0v) is 21.7. The van der Waals surface area contributed by atoms with E-state index in [1.54, 1.807) is 0 Å². The van der Waals surface area contributed by atoms with Crippen molar-refractivity contribution in [2.24, 2.45) is 0 Å². The van der Waals surface area contributed by atoms with Crippen LogP contribution in [0, 0.1) is 0 Å². The number of benzene rings is 2. The van der Waals surface area contributed by atoms with Gasteiger partial charge in [0.05, 0.1) is 0 Å². The van der Waals surface area contributed by atoms with Gasteiger partial charge in [0.1, 0.15) is 0 Å². The highest BCUT2D eigenvalue weighted by Crippen LogP contribution is 2.21. The van der Waals surface area contributed by atoms with E-state index in [9.17, 15) is 0 Å². The van der Waals surface area contributed by atoms with E-state index in [1.165, 1.54) is 11.4 Å². The first-order valence-corrected chi connectivity index (χ1v) is 13.6. The van der Waals surface area contributed by atoms with Crippen LogP contribution in [0.3, 0.4) is 0 Å². The lowest BCUT2D eigenvalue weighted by Gasteiger charge is -2.24. The first kappa shape index (κ1) is 26.5. The van der Waals surface area contributed by atoms with Crippen molar-refractivity contribution in [2.45, 2.75) is 0 Å². The molecule has 0 aliphatic carbocycles. The van der Waals surface area contributed by atoms with Crippen molar-refractivity contribution in [2.75, 3.05) is 100 Å². The quantitative estimate of drug-likeness (QED) is 0.229. The highest BCUT2D eigenvalue weighted by molar-refractivity contribution is 8.76. The highest BCUT2D eigenvalue weighted by Gasteiger charge is 2.06. The number of nitrogens with two attached hydrogens (primary N) is 2. The van der Waals surface area contributed by atoms with Crippen LogP contribution in [0.25, 0.3) is 0 Å². The van der Waals surface area contributed by atoms with Crippen LogP contribution in [0.1, 0.15) is 0 Å². The molecule has 2 aromatic rings. The van der Waals surface area contributed by atoms with Gasteiger partial charge in [-0.3, -0.25) is 0 Å². The molecule has 0 heterocycles. The summed E-state index contributed by atoms with van der Waals surface area (Å²) in [5.74, 6) is 2.30. The highest BCUT2D eigenvalue weighted by atomic mass is 33.1. The third-order valence-corrected chi connectivity index (χ3v) is 7.86. The molecule has 2 rings (SSSR count). The summed E-state index contributed by atoms with van der Waals surface area (Å²) in [4.78, 5) is 9.36. The maximum atomic E-state index is 5.77. The van der Waals surface area contributed by atoms with Crippen molar-refractivity contribution >= 4 is 44.3 Å². The lowest BCUT2D eigenvalue weighted by atomic mass is 10.2. The predicted molar refractivity (Wildman–Crippen MR) is 148 cm³/mol. The molecule has 0 spiro atoms. The summed E-state index contributed by atoms with van der Waals surface area (Å²) in [6.07, 6.45) is 0. The molecular weight excluding hydrogens is 436 g/mol. The van der Waals surface area contributed by atoms with E-state index in [2.05, 4.69) is 72.1 Å². The van der Waals surface area contributed by atoms with Gasteiger partial charge in [-0.2, -0.15) is 0 Å². The Morgan fingerprint density at radius 1 is 0.531 bits per heavy atom. The van der Waals surface area contributed by atoms with Gasteiger partial charge < -0.3 is 31.1 Å². The molecule has 0 radical (unpaired) electrons. The van der Waals surface area contributed by atoms with E-state index in [-0.39, 0.29) is 0 Å². The fourth-order valence-corrected chi connectivity index (χ4v) is 5.25. The zero-order chi connectivity index (χ0) is 23.3. The van der Waals surface area contributed by atoms with E-state index in [1.807, 2.05) is 45.9 Å². The van der Waals surface area contributed by atoms with Gasteiger partial charge in [0.25, 0.3) is 0 Å². The maximum absolute atomic E-state index is 5.77. The Morgan fingerprint density at radius 3 is 1.22 bits per heavy atom. The van der Waals surface area contributed by atoms with Gasteiger partial charge >= 0.3 is 0 Å². The lowest BCUT2D eigenvalue weighted by Crippen LogP contribution is -2.32. The smallest absolute Gasteiger partial charge is 0.0365 e. The van der Waals surface area contributed by atoms with Crippen molar-refractivity contribution in [3.63, 3.8) is 0 Å². The minimum Gasteiger partial charge on any atom is -0.399 e. The van der Waals surface area contributed by atoms with E-state index in [0.29, 0.717) is 0 Å². The second-order valence-corrected chi connectivity index (χ2v) is 11.0. The van der Waals surface area contributed by atoms with Crippen LogP contribution < -0.4 is 21.3 Å². The van der Waals surface area contributed by atoms with Crippen LogP contribution in [0.5, 0.6) is 0 Å². The van der Waals surface area contributed by atoms with Crippen molar-refractivity contribution in [1.29, 1.82) is 0 Å². The van der Waals surface area contributed by atoms with Gasteiger partial charge in [0.2, 0.25) is 0 Å². The fraction of sp³-hybridized carbons (Fsp3) is 0.500. The van der Waals surface area contributed by atoms with Crippen LogP contribution in [-0.2, 0) is 0 Å². The predicted octanol–water partition coefficient (Wildman–Crippen LogP) is 3.67. The molecule has 0 atom stereocenters.